The third-order valence-corrected chi connectivity index (χ3v) is 4.95. The predicted molar refractivity (Wildman–Crippen MR) is 55.9 cm³/mol. The van der Waals surface area contributed by atoms with Crippen molar-refractivity contribution in [3.63, 3.8) is 0 Å². The van der Waals surface area contributed by atoms with E-state index < -0.39 is 24.8 Å². The summed E-state index contributed by atoms with van der Waals surface area (Å²) in [6.45, 7) is 0. The number of halogens is 2. The number of hydrogen-bond donors (Lipinski definition) is 0. The second-order valence-corrected chi connectivity index (χ2v) is 7.41. The number of nitrogens with zero attached hydrogens (tertiary/aromatic N) is 1. The molecule has 0 saturated carbocycles. The van der Waals surface area contributed by atoms with E-state index in [-0.39, 0.29) is 4.90 Å². The molecule has 0 aliphatic rings. The molecule has 0 radical (unpaired) electrons. The lowest BCUT2D eigenvalue weighted by Crippen LogP contribution is -2.00. The molecule has 0 amide bonds. The molecule has 0 bridgehead atoms. The topological polar surface area (TPSA) is 63.6 Å². The summed E-state index contributed by atoms with van der Waals surface area (Å²) in [6.07, 6.45) is 1.07. The summed E-state index contributed by atoms with van der Waals surface area (Å²) in [5.74, 6) is -0.621. The average Bonchev–Trinajstić information content (AvgIpc) is 1.99. The highest BCUT2D eigenvalue weighted by molar-refractivity contribution is 8.17. The molecule has 8 heteroatoms. The molecule has 15 heavy (non-hydrogen) atoms. The van der Waals surface area contributed by atoms with E-state index in [1.54, 1.807) is 0 Å². The maximum absolute atomic E-state index is 12.8. The van der Waals surface area contributed by atoms with E-state index in [1.165, 1.54) is 12.1 Å². The first-order valence-electron chi connectivity index (χ1n) is 3.64. The summed E-state index contributed by atoms with van der Waals surface area (Å²) >= 11 is 0. The van der Waals surface area contributed by atoms with Crippen LogP contribution in [-0.4, -0.2) is 18.9 Å². The smallest absolute Gasteiger partial charge is 0.244 e. The van der Waals surface area contributed by atoms with E-state index in [1.807, 2.05) is 0 Å². The van der Waals surface area contributed by atoms with Gasteiger partial charge >= 0.3 is 9.24 Å². The van der Waals surface area contributed by atoms with Gasteiger partial charge in [-0.2, -0.15) is 8.42 Å². The summed E-state index contributed by atoms with van der Waals surface area (Å²) in [7, 11) is -2.63. The highest BCUT2D eigenvalue weighted by Crippen LogP contribution is 2.15. The van der Waals surface area contributed by atoms with Gasteiger partial charge in [0.1, 0.15) is 5.82 Å². The predicted octanol–water partition coefficient (Wildman–Crippen LogP) is 1.77. The summed E-state index contributed by atoms with van der Waals surface area (Å²) < 4.78 is 48.8. The fourth-order valence-electron chi connectivity index (χ4n) is 0.916. The third kappa shape index (κ3) is 3.77. The van der Waals surface area contributed by atoms with Crippen molar-refractivity contribution in [3.8, 4) is 0 Å². The third-order valence-electron chi connectivity index (χ3n) is 1.46. The molecule has 0 N–H and O–H groups in total. The second-order valence-electron chi connectivity index (χ2n) is 2.75. The van der Waals surface area contributed by atoms with Crippen molar-refractivity contribution < 1.29 is 17.0 Å². The molecule has 1 atom stereocenters. The molecule has 4 nitrogen and oxygen atoms in total. The Morgan fingerprint density at radius 3 is 2.40 bits per heavy atom. The van der Waals surface area contributed by atoms with Gasteiger partial charge in [0.05, 0.1) is 14.6 Å². The molecule has 0 heterocycles. The van der Waals surface area contributed by atoms with Gasteiger partial charge in [-0.05, 0) is 18.2 Å². The maximum atomic E-state index is 12.8. The molecule has 1 rings (SSSR count). The van der Waals surface area contributed by atoms with Crippen LogP contribution in [0.25, 0.3) is 0 Å². The number of hydrogen-bond acceptors (Lipinski definition) is 3. The molecule has 0 saturated heterocycles. The Bertz CT molecular complexity index is 590. The van der Waals surface area contributed by atoms with Crippen molar-refractivity contribution in [1.29, 1.82) is 0 Å². The largest absolute Gasteiger partial charge is 0.347 e. The summed E-state index contributed by atoms with van der Waals surface area (Å²) in [5, 5.41) is 0. The first-order valence-corrected chi connectivity index (χ1v) is 7.83. The van der Waals surface area contributed by atoms with Crippen LogP contribution in [0.3, 0.4) is 0 Å². The van der Waals surface area contributed by atoms with E-state index >= 15 is 0 Å². The Morgan fingerprint density at radius 2 is 1.93 bits per heavy atom. The SMILES string of the molecule is C[S@@](=O)(=NS(=O)(=O)Cl)c1cccc(F)c1. The summed E-state index contributed by atoms with van der Waals surface area (Å²) in [5.41, 5.74) is 0. The van der Waals surface area contributed by atoms with Gasteiger partial charge in [0, 0.05) is 16.9 Å². The van der Waals surface area contributed by atoms with Crippen molar-refractivity contribution >= 4 is 29.6 Å². The second kappa shape index (κ2) is 4.07. The zero-order chi connectivity index (χ0) is 11.7. The van der Waals surface area contributed by atoms with E-state index in [0.717, 1.165) is 18.4 Å². The normalized spacial score (nSPS) is 15.7. The number of benzene rings is 1. The van der Waals surface area contributed by atoms with Crippen molar-refractivity contribution in [3.05, 3.63) is 30.1 Å². The minimum Gasteiger partial charge on any atom is -0.244 e. The van der Waals surface area contributed by atoms with Crippen LogP contribution in [0.2, 0.25) is 0 Å². The van der Waals surface area contributed by atoms with Crippen molar-refractivity contribution in [2.75, 3.05) is 6.26 Å². The van der Waals surface area contributed by atoms with Crippen LogP contribution in [0.15, 0.2) is 32.9 Å². The van der Waals surface area contributed by atoms with Crippen LogP contribution in [0, 0.1) is 5.82 Å². The van der Waals surface area contributed by atoms with Crippen molar-refractivity contribution in [2.24, 2.45) is 3.77 Å². The Balaban J connectivity index is 3.43. The van der Waals surface area contributed by atoms with Crippen molar-refractivity contribution in [2.45, 2.75) is 4.90 Å². The zero-order valence-corrected chi connectivity index (χ0v) is 9.94. The van der Waals surface area contributed by atoms with Crippen LogP contribution in [0.5, 0.6) is 0 Å². The Labute approximate surface area is 91.8 Å². The van der Waals surface area contributed by atoms with Crippen LogP contribution < -0.4 is 0 Å². The summed E-state index contributed by atoms with van der Waals surface area (Å²) in [6, 6.07) is 4.73. The lowest BCUT2D eigenvalue weighted by molar-refractivity contribution is 0.610. The van der Waals surface area contributed by atoms with Gasteiger partial charge in [-0.25, -0.2) is 8.60 Å². The standard InChI is InChI=1S/C7H7ClFNO3S2/c1-14(11,10-15(8,12)13)7-4-2-3-6(9)5-7/h2-5H,1H3/t14-/m0/s1. The van der Waals surface area contributed by atoms with E-state index in [2.05, 4.69) is 3.77 Å². The highest BCUT2D eigenvalue weighted by atomic mass is 35.7. The lowest BCUT2D eigenvalue weighted by atomic mass is 10.4. The molecular formula is C7H7ClFNO3S2. The van der Waals surface area contributed by atoms with Crippen LogP contribution in [-0.2, 0) is 19.0 Å². The molecule has 0 spiro atoms. The first kappa shape index (κ1) is 12.4. The summed E-state index contributed by atoms with van der Waals surface area (Å²) in [4.78, 5) is -0.0216. The van der Waals surface area contributed by atoms with E-state index in [0.29, 0.717) is 0 Å². The molecular weight excluding hydrogens is 265 g/mol. The Hall–Kier alpha value is -0.660. The first-order chi connectivity index (χ1) is 6.71. The fourth-order valence-corrected chi connectivity index (χ4v) is 4.25. The van der Waals surface area contributed by atoms with Gasteiger partial charge in [0.25, 0.3) is 0 Å². The van der Waals surface area contributed by atoms with Gasteiger partial charge in [-0.15, -0.1) is 0 Å². The minimum atomic E-state index is -4.24. The molecule has 0 aliphatic carbocycles. The average molecular weight is 272 g/mol. The van der Waals surface area contributed by atoms with Crippen molar-refractivity contribution in [1.82, 2.24) is 0 Å². The Kier molecular flexibility index (Phi) is 3.37. The molecule has 0 unspecified atom stereocenters. The number of rotatable bonds is 2. The molecule has 84 valence electrons. The van der Waals surface area contributed by atoms with Gasteiger partial charge in [-0.1, -0.05) is 9.83 Å². The molecule has 0 aliphatic heterocycles. The minimum absolute atomic E-state index is 0.0216. The lowest BCUT2D eigenvalue weighted by Gasteiger charge is -2.02. The molecule has 0 fully saturated rings. The molecule has 1 aromatic carbocycles. The molecule has 1 aromatic rings. The maximum Gasteiger partial charge on any atom is 0.347 e. The van der Waals surface area contributed by atoms with Crippen LogP contribution >= 0.6 is 10.7 Å². The monoisotopic (exact) mass is 271 g/mol. The van der Waals surface area contributed by atoms with E-state index in [4.69, 9.17) is 10.7 Å². The van der Waals surface area contributed by atoms with Gasteiger partial charge < -0.3 is 0 Å². The Morgan fingerprint density at radius 1 is 1.33 bits per heavy atom. The zero-order valence-electron chi connectivity index (χ0n) is 7.55. The van der Waals surface area contributed by atoms with Gasteiger partial charge in [-0.3, -0.25) is 0 Å². The van der Waals surface area contributed by atoms with E-state index in [9.17, 15) is 17.0 Å². The van der Waals surface area contributed by atoms with Crippen LogP contribution in [0.1, 0.15) is 0 Å². The highest BCUT2D eigenvalue weighted by Gasteiger charge is 2.12. The van der Waals surface area contributed by atoms with Crippen LogP contribution in [0.4, 0.5) is 4.39 Å². The molecule has 0 aromatic heterocycles. The quantitative estimate of drug-likeness (QED) is 0.770. The van der Waals surface area contributed by atoms with Gasteiger partial charge in [0.15, 0.2) is 0 Å². The fraction of sp³-hybridized carbons (Fsp3) is 0.143. The van der Waals surface area contributed by atoms with Gasteiger partial charge in [0.2, 0.25) is 0 Å².